The predicted molar refractivity (Wildman–Crippen MR) is 210 cm³/mol. The van der Waals surface area contributed by atoms with Gasteiger partial charge in [-0.3, -0.25) is 14.4 Å². The summed E-state index contributed by atoms with van der Waals surface area (Å²) in [7, 11) is 0. The highest BCUT2D eigenvalue weighted by atomic mass is 19.3. The zero-order valence-corrected chi connectivity index (χ0v) is 31.6. The number of benzene rings is 4. The van der Waals surface area contributed by atoms with E-state index < -0.39 is 46.7 Å². The molecule has 2 aliphatic heterocycles. The summed E-state index contributed by atoms with van der Waals surface area (Å²) in [5.74, 6) is -10.2. The van der Waals surface area contributed by atoms with Gasteiger partial charge >= 0.3 is 5.97 Å². The smallest absolute Gasteiger partial charge is 0.357 e. The van der Waals surface area contributed by atoms with Crippen LogP contribution in [0.4, 0.5) is 26.3 Å². The number of hydrogen-bond acceptors (Lipinski definition) is 6. The third kappa shape index (κ3) is 8.77. The van der Waals surface area contributed by atoms with Crippen molar-refractivity contribution in [2.45, 2.75) is 37.5 Å². The van der Waals surface area contributed by atoms with Gasteiger partial charge in [-0.25, -0.2) is 41.1 Å². The summed E-state index contributed by atoms with van der Waals surface area (Å²) in [4.78, 5) is 58.0. The fourth-order valence-corrected chi connectivity index (χ4v) is 7.29. The molecule has 6 aromatic rings. The number of piperidine rings is 2. The molecule has 2 aliphatic rings. The molecule has 0 saturated carbocycles. The van der Waals surface area contributed by atoms with Crippen LogP contribution in [0.2, 0.25) is 0 Å². The van der Waals surface area contributed by atoms with Gasteiger partial charge in [-0.05, 0) is 69.1 Å². The lowest BCUT2D eigenvalue weighted by Gasteiger charge is -2.31. The fraction of sp³-hybridized carbons (Fsp3) is 0.227. The molecule has 308 valence electrons. The Hall–Kier alpha value is -6.84. The first-order chi connectivity index (χ1) is 28.5. The summed E-state index contributed by atoms with van der Waals surface area (Å²) in [5.41, 5.74) is 6.96. The van der Waals surface area contributed by atoms with Crippen LogP contribution in [0.25, 0.3) is 43.8 Å². The van der Waals surface area contributed by atoms with Gasteiger partial charge in [0.1, 0.15) is 0 Å². The minimum atomic E-state index is -2.73. The standard InChI is InChI=1S/C22H18F3N3O2.C22H17F3N2O3/c23-18-11-15(12-27-19(18)20(26)29)16-3-1-2-13-10-14(4-5-17(13)16)21(30)28-8-6-22(24,25)7-9-28;23-18-11-15(12-26-19(18)21(29)30)16-3-1-2-13-10-14(4-5-17(13)16)20(28)27-8-6-22(24,25)7-9-27/h1-5,10-12H,6-9H2,(H2,26,29);1-5,10-12H,6-9H2,(H,29,30). The van der Waals surface area contributed by atoms with Crippen LogP contribution in [0.5, 0.6) is 0 Å². The van der Waals surface area contributed by atoms with E-state index >= 15 is 0 Å². The van der Waals surface area contributed by atoms with Crippen molar-refractivity contribution in [3.05, 3.63) is 131 Å². The number of rotatable bonds is 6. The number of halogens is 6. The molecule has 0 aliphatic carbocycles. The van der Waals surface area contributed by atoms with E-state index in [4.69, 9.17) is 10.8 Å². The predicted octanol–water partition coefficient (Wildman–Crippen LogP) is 8.62. The number of carbonyl (C=O) groups is 4. The molecular formula is C44H35F6N5O5. The van der Waals surface area contributed by atoms with E-state index in [1.807, 2.05) is 6.07 Å². The third-order valence-electron chi connectivity index (χ3n) is 10.6. The molecule has 0 unspecified atom stereocenters. The molecule has 2 fully saturated rings. The summed E-state index contributed by atoms with van der Waals surface area (Å²) < 4.78 is 81.6. The summed E-state index contributed by atoms with van der Waals surface area (Å²) in [6.07, 6.45) is 1.29. The summed E-state index contributed by atoms with van der Waals surface area (Å²) in [6.45, 7) is 0.0394. The van der Waals surface area contributed by atoms with E-state index in [2.05, 4.69) is 9.97 Å². The number of aromatic nitrogens is 2. The second kappa shape index (κ2) is 16.4. The Bertz CT molecular complexity index is 2490. The summed E-state index contributed by atoms with van der Waals surface area (Å²) in [5, 5.41) is 11.9. The van der Waals surface area contributed by atoms with Gasteiger partial charge in [-0.15, -0.1) is 0 Å². The minimum absolute atomic E-state index is 0.00474. The average molecular weight is 828 g/mol. The summed E-state index contributed by atoms with van der Waals surface area (Å²) >= 11 is 0. The van der Waals surface area contributed by atoms with E-state index in [0.717, 1.165) is 22.2 Å². The molecule has 3 amide bonds. The number of carboxylic acid groups (broad SMARTS) is 1. The minimum Gasteiger partial charge on any atom is -0.476 e. The van der Waals surface area contributed by atoms with E-state index in [1.165, 1.54) is 28.3 Å². The Kier molecular flexibility index (Phi) is 11.3. The molecule has 16 heteroatoms. The lowest BCUT2D eigenvalue weighted by Crippen LogP contribution is -2.42. The molecule has 4 heterocycles. The average Bonchev–Trinajstić information content (AvgIpc) is 3.22. The molecule has 0 radical (unpaired) electrons. The van der Waals surface area contributed by atoms with Crippen molar-refractivity contribution in [3.63, 3.8) is 0 Å². The number of pyridine rings is 2. The van der Waals surface area contributed by atoms with Gasteiger partial charge in [-0.2, -0.15) is 0 Å². The Morgan fingerprint density at radius 1 is 0.583 bits per heavy atom. The molecule has 3 N–H and O–H groups in total. The van der Waals surface area contributed by atoms with Crippen molar-refractivity contribution in [1.82, 2.24) is 19.8 Å². The van der Waals surface area contributed by atoms with Gasteiger partial charge in [0.05, 0.1) is 0 Å². The van der Waals surface area contributed by atoms with Crippen LogP contribution in [0.3, 0.4) is 0 Å². The highest BCUT2D eigenvalue weighted by Crippen LogP contribution is 2.34. The van der Waals surface area contributed by atoms with Crippen molar-refractivity contribution in [1.29, 1.82) is 0 Å². The molecule has 4 aromatic carbocycles. The second-order valence-corrected chi connectivity index (χ2v) is 14.6. The number of aromatic carboxylic acids is 1. The number of fused-ring (bicyclic) bond motifs is 2. The zero-order chi connectivity index (χ0) is 42.9. The van der Waals surface area contributed by atoms with Gasteiger partial charge in [0.15, 0.2) is 23.0 Å². The number of nitrogens with zero attached hydrogens (tertiary/aromatic N) is 4. The lowest BCUT2D eigenvalue weighted by atomic mass is 9.97. The van der Waals surface area contributed by atoms with Crippen molar-refractivity contribution >= 4 is 45.2 Å². The number of carboxylic acids is 1. The lowest BCUT2D eigenvalue weighted by molar-refractivity contribution is -0.0503. The van der Waals surface area contributed by atoms with E-state index in [1.54, 1.807) is 66.7 Å². The van der Waals surface area contributed by atoms with Crippen LogP contribution in [0.15, 0.2) is 97.3 Å². The zero-order valence-electron chi connectivity index (χ0n) is 31.6. The van der Waals surface area contributed by atoms with E-state index in [0.29, 0.717) is 38.8 Å². The Morgan fingerprint density at radius 2 is 0.983 bits per heavy atom. The number of amides is 3. The maximum Gasteiger partial charge on any atom is 0.357 e. The highest BCUT2D eigenvalue weighted by Gasteiger charge is 2.37. The van der Waals surface area contributed by atoms with Crippen LogP contribution >= 0.6 is 0 Å². The van der Waals surface area contributed by atoms with Crippen LogP contribution in [0.1, 0.15) is 67.4 Å². The van der Waals surface area contributed by atoms with Gasteiger partial charge in [-0.1, -0.05) is 48.5 Å². The van der Waals surface area contributed by atoms with Crippen molar-refractivity contribution < 1.29 is 50.6 Å². The highest BCUT2D eigenvalue weighted by molar-refractivity contribution is 6.04. The van der Waals surface area contributed by atoms with Crippen molar-refractivity contribution in [2.75, 3.05) is 26.2 Å². The molecule has 2 aromatic heterocycles. The second-order valence-electron chi connectivity index (χ2n) is 14.6. The van der Waals surface area contributed by atoms with E-state index in [-0.39, 0.29) is 63.7 Å². The molecule has 8 rings (SSSR count). The number of hydrogen-bond donors (Lipinski definition) is 2. The molecule has 10 nitrogen and oxygen atoms in total. The molecule has 0 atom stereocenters. The van der Waals surface area contributed by atoms with Gasteiger partial charge in [0, 0.05) is 86.5 Å². The Morgan fingerprint density at radius 3 is 1.35 bits per heavy atom. The quantitative estimate of drug-likeness (QED) is 0.160. The number of nitrogens with two attached hydrogens (primary N) is 1. The Balaban J connectivity index is 0.000000181. The van der Waals surface area contributed by atoms with E-state index in [9.17, 15) is 45.5 Å². The van der Waals surface area contributed by atoms with Gasteiger partial charge in [0.25, 0.3) is 29.6 Å². The SMILES string of the molecule is NC(=O)c1ncc(-c2cccc3cc(C(=O)N4CCC(F)(F)CC4)ccc23)cc1F.O=C(O)c1ncc(-c2cccc3cc(C(=O)N4CCC(F)(F)CC4)ccc23)cc1F. The summed E-state index contributed by atoms with van der Waals surface area (Å²) in [6, 6.07) is 22.9. The molecule has 60 heavy (non-hydrogen) atoms. The third-order valence-corrected chi connectivity index (χ3v) is 10.6. The van der Waals surface area contributed by atoms with Crippen molar-refractivity contribution in [3.8, 4) is 22.3 Å². The molecular weight excluding hydrogens is 793 g/mol. The van der Waals surface area contributed by atoms with Crippen LogP contribution in [-0.2, 0) is 0 Å². The fourth-order valence-electron chi connectivity index (χ4n) is 7.29. The number of primary amides is 1. The maximum atomic E-state index is 14.2. The number of alkyl halides is 4. The largest absolute Gasteiger partial charge is 0.476 e. The van der Waals surface area contributed by atoms with Crippen LogP contribution in [0, 0.1) is 11.6 Å². The van der Waals surface area contributed by atoms with Gasteiger partial charge in [0.2, 0.25) is 0 Å². The number of likely N-dealkylation sites (tertiary alicyclic amines) is 2. The monoisotopic (exact) mass is 827 g/mol. The number of carbonyl (C=O) groups excluding carboxylic acids is 3. The molecule has 0 bridgehead atoms. The first-order valence-corrected chi connectivity index (χ1v) is 18.7. The van der Waals surface area contributed by atoms with Crippen LogP contribution in [-0.4, -0.2) is 86.6 Å². The van der Waals surface area contributed by atoms with Crippen molar-refractivity contribution in [2.24, 2.45) is 5.73 Å². The molecule has 2 saturated heterocycles. The van der Waals surface area contributed by atoms with Crippen LogP contribution < -0.4 is 5.73 Å². The topological polar surface area (TPSA) is 147 Å². The molecule has 0 spiro atoms. The first-order valence-electron chi connectivity index (χ1n) is 18.7. The maximum absolute atomic E-state index is 14.2. The Labute approximate surface area is 338 Å². The first kappa shape index (κ1) is 41.3. The van der Waals surface area contributed by atoms with Gasteiger partial charge < -0.3 is 20.6 Å². The normalized spacial score (nSPS) is 15.9.